The molecule has 0 amide bonds. The lowest BCUT2D eigenvalue weighted by molar-refractivity contribution is 0.730. The van der Waals surface area contributed by atoms with Crippen LogP contribution in [-0.4, -0.2) is 0 Å². The molecule has 1 atom stereocenters. The number of nitrogens with two attached hydrogens (primary N) is 1. The van der Waals surface area contributed by atoms with Gasteiger partial charge in [-0.2, -0.15) is 0 Å². The van der Waals surface area contributed by atoms with Gasteiger partial charge in [-0.3, -0.25) is 0 Å². The van der Waals surface area contributed by atoms with Gasteiger partial charge in [0.1, 0.15) is 0 Å². The predicted molar refractivity (Wildman–Crippen MR) is 79.1 cm³/mol. The molecule has 1 unspecified atom stereocenters. The standard InChI is InChI=1S/C12H10BrCl2NS/c13-7-3-9(17-6-7)5-12(16)10-2-1-8(14)4-11(10)15/h1-4,6,12H,5,16H2. The molecule has 0 aliphatic rings. The fraction of sp³-hybridized carbons (Fsp3) is 0.167. The molecule has 2 N–H and O–H groups in total. The van der Waals surface area contributed by atoms with Crippen LogP contribution in [0.1, 0.15) is 16.5 Å². The molecule has 5 heteroatoms. The molecule has 0 fully saturated rings. The van der Waals surface area contributed by atoms with Crippen LogP contribution in [0.15, 0.2) is 34.1 Å². The zero-order valence-corrected chi connectivity index (χ0v) is 12.7. The number of halogens is 3. The van der Waals surface area contributed by atoms with Crippen molar-refractivity contribution in [3.8, 4) is 0 Å². The predicted octanol–water partition coefficient (Wildman–Crippen LogP) is 5.06. The van der Waals surface area contributed by atoms with Gasteiger partial charge < -0.3 is 5.73 Å². The quantitative estimate of drug-likeness (QED) is 0.822. The second kappa shape index (κ2) is 5.72. The summed E-state index contributed by atoms with van der Waals surface area (Å²) in [6.07, 6.45) is 0.775. The smallest absolute Gasteiger partial charge is 0.0468 e. The number of benzene rings is 1. The van der Waals surface area contributed by atoms with Crippen molar-refractivity contribution in [1.82, 2.24) is 0 Å². The van der Waals surface area contributed by atoms with E-state index in [-0.39, 0.29) is 6.04 Å². The SMILES string of the molecule is NC(Cc1cc(Br)cs1)c1ccc(Cl)cc1Cl. The molecule has 2 aromatic rings. The lowest BCUT2D eigenvalue weighted by Gasteiger charge is -2.12. The van der Waals surface area contributed by atoms with Gasteiger partial charge in [0.05, 0.1) is 0 Å². The molecule has 1 nitrogen and oxygen atoms in total. The molecule has 17 heavy (non-hydrogen) atoms. The molecule has 0 saturated heterocycles. The van der Waals surface area contributed by atoms with E-state index in [1.807, 2.05) is 17.5 Å². The summed E-state index contributed by atoms with van der Waals surface area (Å²) in [5, 5.41) is 3.30. The first-order valence-electron chi connectivity index (χ1n) is 4.99. The van der Waals surface area contributed by atoms with Gasteiger partial charge in [-0.15, -0.1) is 11.3 Å². The van der Waals surface area contributed by atoms with Crippen LogP contribution in [0, 0.1) is 0 Å². The minimum Gasteiger partial charge on any atom is -0.324 e. The first-order chi connectivity index (χ1) is 8.06. The summed E-state index contributed by atoms with van der Waals surface area (Å²) in [5.74, 6) is 0. The fourth-order valence-electron chi connectivity index (χ4n) is 1.59. The Morgan fingerprint density at radius 3 is 2.65 bits per heavy atom. The second-order valence-electron chi connectivity index (χ2n) is 3.71. The van der Waals surface area contributed by atoms with Crippen LogP contribution in [0.4, 0.5) is 0 Å². The normalized spacial score (nSPS) is 12.7. The van der Waals surface area contributed by atoms with E-state index in [9.17, 15) is 0 Å². The summed E-state index contributed by atoms with van der Waals surface area (Å²) in [7, 11) is 0. The Hall–Kier alpha value is -0.0600. The summed E-state index contributed by atoms with van der Waals surface area (Å²) >= 11 is 17.1. The molecule has 90 valence electrons. The van der Waals surface area contributed by atoms with E-state index in [1.165, 1.54) is 4.88 Å². The Kier molecular flexibility index (Phi) is 4.50. The van der Waals surface area contributed by atoms with Crippen LogP contribution >= 0.6 is 50.5 Å². The maximum atomic E-state index is 6.15. The van der Waals surface area contributed by atoms with Gasteiger partial charge in [0.15, 0.2) is 0 Å². The molecule has 1 aromatic carbocycles. The maximum absolute atomic E-state index is 6.15. The summed E-state index contributed by atoms with van der Waals surface area (Å²) in [4.78, 5) is 1.23. The van der Waals surface area contributed by atoms with E-state index in [0.29, 0.717) is 10.0 Å². The first-order valence-corrected chi connectivity index (χ1v) is 7.42. The van der Waals surface area contributed by atoms with Crippen molar-refractivity contribution in [3.05, 3.63) is 54.6 Å². The van der Waals surface area contributed by atoms with Gasteiger partial charge in [-0.25, -0.2) is 0 Å². The Bertz CT molecular complexity index is 527. The highest BCUT2D eigenvalue weighted by Gasteiger charge is 2.12. The van der Waals surface area contributed by atoms with Crippen molar-refractivity contribution in [1.29, 1.82) is 0 Å². The van der Waals surface area contributed by atoms with Gasteiger partial charge in [0.2, 0.25) is 0 Å². The Labute approximate surface area is 123 Å². The van der Waals surface area contributed by atoms with Gasteiger partial charge in [0, 0.05) is 37.2 Å². The first kappa shape index (κ1) is 13.4. The van der Waals surface area contributed by atoms with Crippen LogP contribution < -0.4 is 5.73 Å². The topological polar surface area (TPSA) is 26.0 Å². The van der Waals surface area contributed by atoms with E-state index in [2.05, 4.69) is 22.0 Å². The summed E-state index contributed by atoms with van der Waals surface area (Å²) in [6.45, 7) is 0. The minimum absolute atomic E-state index is 0.106. The third-order valence-corrected chi connectivity index (χ3v) is 4.69. The zero-order valence-electron chi connectivity index (χ0n) is 8.79. The summed E-state index contributed by atoms with van der Waals surface area (Å²) in [6, 6.07) is 7.40. The number of hydrogen-bond acceptors (Lipinski definition) is 2. The van der Waals surface area contributed by atoms with Crippen molar-refractivity contribution >= 4 is 50.5 Å². The minimum atomic E-state index is -0.106. The lowest BCUT2D eigenvalue weighted by Crippen LogP contribution is -2.13. The van der Waals surface area contributed by atoms with Crippen LogP contribution in [0.3, 0.4) is 0 Å². The van der Waals surface area contributed by atoms with Crippen molar-refractivity contribution < 1.29 is 0 Å². The van der Waals surface area contributed by atoms with Gasteiger partial charge in [-0.1, -0.05) is 29.3 Å². The molecule has 0 aliphatic heterocycles. The summed E-state index contributed by atoms with van der Waals surface area (Å²) in [5.41, 5.74) is 7.08. The Morgan fingerprint density at radius 2 is 2.06 bits per heavy atom. The van der Waals surface area contributed by atoms with Crippen LogP contribution in [-0.2, 0) is 6.42 Å². The van der Waals surface area contributed by atoms with E-state index in [0.717, 1.165) is 16.5 Å². The highest BCUT2D eigenvalue weighted by molar-refractivity contribution is 9.10. The van der Waals surface area contributed by atoms with Gasteiger partial charge >= 0.3 is 0 Å². The molecule has 1 aromatic heterocycles. The maximum Gasteiger partial charge on any atom is 0.0468 e. The molecule has 0 aliphatic carbocycles. The molecular weight excluding hydrogens is 341 g/mol. The van der Waals surface area contributed by atoms with E-state index in [4.69, 9.17) is 28.9 Å². The van der Waals surface area contributed by atoms with Gasteiger partial charge in [-0.05, 0) is 39.7 Å². The lowest BCUT2D eigenvalue weighted by atomic mass is 10.0. The largest absolute Gasteiger partial charge is 0.324 e. The molecule has 0 radical (unpaired) electrons. The van der Waals surface area contributed by atoms with Crippen molar-refractivity contribution in [3.63, 3.8) is 0 Å². The molecule has 0 bridgehead atoms. The molecule has 2 rings (SSSR count). The third kappa shape index (κ3) is 3.46. The number of hydrogen-bond donors (Lipinski definition) is 1. The zero-order chi connectivity index (χ0) is 12.4. The molecular formula is C12H10BrCl2NS. The average Bonchev–Trinajstić information content (AvgIpc) is 2.63. The van der Waals surface area contributed by atoms with Crippen molar-refractivity contribution in [2.45, 2.75) is 12.5 Å². The number of thiophene rings is 1. The summed E-state index contributed by atoms with van der Waals surface area (Å²) < 4.78 is 1.09. The van der Waals surface area contributed by atoms with Gasteiger partial charge in [0.25, 0.3) is 0 Å². The second-order valence-corrected chi connectivity index (χ2v) is 6.46. The average molecular weight is 351 g/mol. The Balaban J connectivity index is 2.17. The van der Waals surface area contributed by atoms with Crippen LogP contribution in [0.5, 0.6) is 0 Å². The van der Waals surface area contributed by atoms with Crippen molar-refractivity contribution in [2.75, 3.05) is 0 Å². The van der Waals surface area contributed by atoms with E-state index < -0.39 is 0 Å². The van der Waals surface area contributed by atoms with Crippen molar-refractivity contribution in [2.24, 2.45) is 5.73 Å². The highest BCUT2D eigenvalue weighted by Crippen LogP contribution is 2.29. The highest BCUT2D eigenvalue weighted by atomic mass is 79.9. The molecule has 0 saturated carbocycles. The van der Waals surface area contributed by atoms with Crippen LogP contribution in [0.25, 0.3) is 0 Å². The fourth-order valence-corrected chi connectivity index (χ4v) is 3.65. The molecule has 1 heterocycles. The van der Waals surface area contributed by atoms with Crippen LogP contribution in [0.2, 0.25) is 10.0 Å². The number of rotatable bonds is 3. The van der Waals surface area contributed by atoms with E-state index >= 15 is 0 Å². The monoisotopic (exact) mass is 349 g/mol. The Morgan fingerprint density at radius 1 is 1.29 bits per heavy atom. The van der Waals surface area contributed by atoms with E-state index in [1.54, 1.807) is 17.4 Å². The molecule has 0 spiro atoms. The third-order valence-electron chi connectivity index (χ3n) is 2.40.